The van der Waals surface area contributed by atoms with E-state index in [-0.39, 0.29) is 30.0 Å². The number of alkyl halides is 3. The maximum Gasteiger partial charge on any atom is 0.254 e. The zero-order valence-electron chi connectivity index (χ0n) is 21.5. The maximum absolute atomic E-state index is 14.0. The summed E-state index contributed by atoms with van der Waals surface area (Å²) < 4.78 is 0. The van der Waals surface area contributed by atoms with Crippen molar-refractivity contribution in [1.29, 1.82) is 0 Å². The summed E-state index contributed by atoms with van der Waals surface area (Å²) in [6.45, 7) is 3.55. The number of benzene rings is 2. The van der Waals surface area contributed by atoms with Gasteiger partial charge < -0.3 is 5.11 Å². The number of aryl methyl sites for hydroxylation is 2. The van der Waals surface area contributed by atoms with Crippen molar-refractivity contribution >= 4 is 80.0 Å². The van der Waals surface area contributed by atoms with E-state index in [4.69, 9.17) is 34.8 Å². The van der Waals surface area contributed by atoms with Crippen LogP contribution in [0.5, 0.6) is 5.75 Å². The minimum Gasteiger partial charge on any atom is -0.508 e. The number of hydrogen-bond donors (Lipinski definition) is 1. The lowest BCUT2D eigenvalue weighted by atomic mass is 9.56. The number of nitrogens with zero attached hydrogens (tertiary/aromatic N) is 2. The van der Waals surface area contributed by atoms with E-state index in [2.05, 4.69) is 15.9 Å². The molecule has 0 radical (unpaired) electrons. The van der Waals surface area contributed by atoms with Crippen molar-refractivity contribution < 1.29 is 24.3 Å². The van der Waals surface area contributed by atoms with Crippen molar-refractivity contribution in [2.24, 2.45) is 17.8 Å². The zero-order valence-corrected chi connectivity index (χ0v) is 25.3. The Hall–Kier alpha value is -2.39. The predicted octanol–water partition coefficient (Wildman–Crippen LogP) is 5.58. The van der Waals surface area contributed by atoms with Crippen LogP contribution in [0, 0.1) is 31.6 Å². The van der Waals surface area contributed by atoms with E-state index in [1.807, 2.05) is 13.0 Å². The number of halogens is 4. The summed E-state index contributed by atoms with van der Waals surface area (Å²) in [6, 6.07) is 9.91. The van der Waals surface area contributed by atoms with Crippen LogP contribution in [0.2, 0.25) is 5.02 Å². The fourth-order valence-corrected chi connectivity index (χ4v) is 8.56. The third-order valence-corrected chi connectivity index (χ3v) is 11.3. The van der Waals surface area contributed by atoms with Crippen LogP contribution < -0.4 is 4.90 Å². The molecule has 2 saturated heterocycles. The highest BCUT2D eigenvalue weighted by atomic mass is 79.9. The van der Waals surface area contributed by atoms with Crippen molar-refractivity contribution in [3.8, 4) is 5.75 Å². The van der Waals surface area contributed by atoms with Gasteiger partial charge in [0.05, 0.1) is 23.0 Å². The lowest BCUT2D eigenvalue weighted by molar-refractivity contribution is -0.138. The molecule has 2 aromatic rings. The quantitative estimate of drug-likeness (QED) is 0.200. The minimum absolute atomic E-state index is 0.0643. The molecule has 1 N–H and O–H groups in total. The van der Waals surface area contributed by atoms with Crippen LogP contribution in [0.1, 0.15) is 35.4 Å². The van der Waals surface area contributed by atoms with Crippen molar-refractivity contribution in [2.45, 2.75) is 42.4 Å². The zero-order chi connectivity index (χ0) is 28.9. The number of rotatable bonds is 3. The molecule has 2 aliphatic carbocycles. The molecule has 2 heterocycles. The van der Waals surface area contributed by atoms with Crippen molar-refractivity contribution in [3.05, 3.63) is 69.8 Å². The SMILES string of the molecule is Cc1cc(C2C3=CCC4C(=O)N(c5ccc(C)c(Cl)c5)C(=O)C4C3CC3(Cl)C(=O)N(CBr)C(=O)C23Cl)ccc1O. The van der Waals surface area contributed by atoms with Crippen LogP contribution in [0.25, 0.3) is 0 Å². The van der Waals surface area contributed by atoms with Crippen LogP contribution in [-0.4, -0.2) is 48.8 Å². The second kappa shape index (κ2) is 9.31. The normalized spacial score (nSPS) is 33.2. The van der Waals surface area contributed by atoms with Gasteiger partial charge in [0.15, 0.2) is 9.75 Å². The highest BCUT2D eigenvalue weighted by molar-refractivity contribution is 9.09. The molecule has 0 bridgehead atoms. The van der Waals surface area contributed by atoms with Gasteiger partial charge in [-0.05, 0) is 67.5 Å². The number of carbonyl (C=O) groups is 4. The molecule has 2 aromatic carbocycles. The number of aromatic hydroxyl groups is 1. The molecule has 6 unspecified atom stereocenters. The number of amides is 4. The number of likely N-dealkylation sites (tertiary alicyclic amines) is 1. The molecular formula is C29H24BrCl3N2O5. The first-order chi connectivity index (χ1) is 18.9. The Kier molecular flexibility index (Phi) is 6.46. The summed E-state index contributed by atoms with van der Waals surface area (Å²) in [7, 11) is 0. The number of hydrogen-bond acceptors (Lipinski definition) is 5. The molecule has 4 aliphatic rings. The fraction of sp³-hybridized carbons (Fsp3) is 0.379. The number of anilines is 1. The van der Waals surface area contributed by atoms with E-state index in [1.165, 1.54) is 11.0 Å². The lowest BCUT2D eigenvalue weighted by Crippen LogP contribution is -2.60. The average Bonchev–Trinajstić information content (AvgIpc) is 3.25. The first-order valence-corrected chi connectivity index (χ1v) is 15.1. The van der Waals surface area contributed by atoms with Gasteiger partial charge in [-0.2, -0.15) is 0 Å². The fourth-order valence-electron chi connectivity index (χ4n) is 6.96. The summed E-state index contributed by atoms with van der Waals surface area (Å²) in [6.07, 6.45) is 2.05. The topological polar surface area (TPSA) is 95.0 Å². The molecule has 11 heteroatoms. The Labute approximate surface area is 254 Å². The molecule has 4 amide bonds. The van der Waals surface area contributed by atoms with E-state index in [0.29, 0.717) is 27.4 Å². The third-order valence-electron chi connectivity index (χ3n) is 8.98. The summed E-state index contributed by atoms with van der Waals surface area (Å²) in [5, 5.41) is 10.6. The van der Waals surface area contributed by atoms with Gasteiger partial charge in [-0.25, -0.2) is 4.90 Å². The van der Waals surface area contributed by atoms with Gasteiger partial charge in [0.2, 0.25) is 11.8 Å². The number of fused-ring (bicyclic) bond motifs is 4. The molecule has 208 valence electrons. The van der Waals surface area contributed by atoms with E-state index < -0.39 is 51.1 Å². The lowest BCUT2D eigenvalue weighted by Gasteiger charge is -2.50. The van der Waals surface area contributed by atoms with E-state index >= 15 is 0 Å². The number of allylic oxidation sites excluding steroid dienone is 2. The second-order valence-corrected chi connectivity index (χ2v) is 13.1. The van der Waals surface area contributed by atoms with Crippen LogP contribution in [-0.2, 0) is 19.2 Å². The first-order valence-electron chi connectivity index (χ1n) is 12.8. The van der Waals surface area contributed by atoms with Gasteiger partial charge in [0.1, 0.15) is 5.75 Å². The number of carbonyl (C=O) groups excluding carboxylic acids is 4. The van der Waals surface area contributed by atoms with Crippen molar-refractivity contribution in [1.82, 2.24) is 4.90 Å². The second-order valence-electron chi connectivity index (χ2n) is 11.0. The standard InChI is InChI=1S/C29H24BrCl3N2O5/c1-13-3-5-16(10-20(13)31)35-24(37)18-7-6-17-19(22(18)25(35)38)11-28(32)26(39)34(12-30)27(40)29(28,33)23(17)15-4-8-21(36)14(2)9-15/h3-6,8-10,18-19,22-23,36H,7,11-12H2,1-2H3. The Morgan fingerprint density at radius 2 is 1.70 bits per heavy atom. The Morgan fingerprint density at radius 1 is 0.975 bits per heavy atom. The summed E-state index contributed by atoms with van der Waals surface area (Å²) in [5.74, 6) is -4.92. The van der Waals surface area contributed by atoms with Gasteiger partial charge >= 0.3 is 0 Å². The van der Waals surface area contributed by atoms with Gasteiger partial charge in [-0.1, -0.05) is 57.4 Å². The molecule has 3 fully saturated rings. The molecule has 7 nitrogen and oxygen atoms in total. The minimum atomic E-state index is -1.88. The highest BCUT2D eigenvalue weighted by Crippen LogP contribution is 2.65. The number of imide groups is 2. The Bertz CT molecular complexity index is 1560. The molecule has 6 atom stereocenters. The molecule has 0 spiro atoms. The van der Waals surface area contributed by atoms with E-state index in [0.717, 1.165) is 10.5 Å². The Balaban J connectivity index is 1.52. The van der Waals surface area contributed by atoms with Gasteiger partial charge in [-0.15, -0.1) is 23.2 Å². The first kappa shape index (κ1) is 27.8. The largest absolute Gasteiger partial charge is 0.508 e. The van der Waals surface area contributed by atoms with Crippen LogP contribution >= 0.6 is 50.7 Å². The summed E-state index contributed by atoms with van der Waals surface area (Å²) in [4.78, 5) is 53.6. The third kappa shape index (κ3) is 3.49. The molecule has 40 heavy (non-hydrogen) atoms. The van der Waals surface area contributed by atoms with Gasteiger partial charge in [-0.3, -0.25) is 24.1 Å². The molecule has 6 rings (SSSR count). The van der Waals surface area contributed by atoms with Gasteiger partial charge in [0.25, 0.3) is 11.8 Å². The Morgan fingerprint density at radius 3 is 2.35 bits per heavy atom. The van der Waals surface area contributed by atoms with Crippen molar-refractivity contribution in [3.63, 3.8) is 0 Å². The summed E-state index contributed by atoms with van der Waals surface area (Å²) >= 11 is 24.0. The van der Waals surface area contributed by atoms with Crippen LogP contribution in [0.15, 0.2) is 48.0 Å². The predicted molar refractivity (Wildman–Crippen MR) is 155 cm³/mol. The van der Waals surface area contributed by atoms with Gasteiger partial charge in [0, 0.05) is 10.9 Å². The monoisotopic (exact) mass is 664 g/mol. The molecule has 0 aromatic heterocycles. The molecule has 1 saturated carbocycles. The van der Waals surface area contributed by atoms with Crippen LogP contribution in [0.4, 0.5) is 5.69 Å². The number of phenolic OH excluding ortho intramolecular Hbond substituents is 1. The van der Waals surface area contributed by atoms with E-state index in [9.17, 15) is 24.3 Å². The highest BCUT2D eigenvalue weighted by Gasteiger charge is 2.76. The average molecular weight is 667 g/mol. The molecule has 2 aliphatic heterocycles. The smallest absolute Gasteiger partial charge is 0.254 e. The molecular weight excluding hydrogens is 643 g/mol. The number of phenols is 1. The van der Waals surface area contributed by atoms with Crippen LogP contribution in [0.3, 0.4) is 0 Å². The summed E-state index contributed by atoms with van der Waals surface area (Å²) in [5.41, 5.74) is 2.94. The van der Waals surface area contributed by atoms with Crippen molar-refractivity contribution in [2.75, 3.05) is 10.4 Å². The maximum atomic E-state index is 14.0. The van der Waals surface area contributed by atoms with E-state index in [1.54, 1.807) is 37.3 Å².